The highest BCUT2D eigenvalue weighted by molar-refractivity contribution is 6.32. The van der Waals surface area contributed by atoms with Gasteiger partial charge in [-0.15, -0.1) is 9.83 Å². The van der Waals surface area contributed by atoms with Crippen molar-refractivity contribution in [3.05, 3.63) is 44.8 Å². The highest BCUT2D eigenvalue weighted by Crippen LogP contribution is 2.22. The monoisotopic (exact) mass is 282 g/mol. The molecule has 0 saturated heterocycles. The Bertz CT molecular complexity index is 744. The highest BCUT2D eigenvalue weighted by Gasteiger charge is 2.16. The molecule has 0 unspecified atom stereocenters. The number of aromatic nitrogens is 3. The van der Waals surface area contributed by atoms with Gasteiger partial charge in [-0.3, -0.25) is 0 Å². The molecular formula is C11H8ClFN4O2. The van der Waals surface area contributed by atoms with Crippen molar-refractivity contribution in [2.75, 3.05) is 7.11 Å². The number of nitrogens with zero attached hydrogens (tertiary/aromatic N) is 4. The Balaban J connectivity index is 2.71. The third-order valence-electron chi connectivity index (χ3n) is 2.46. The van der Waals surface area contributed by atoms with Crippen molar-refractivity contribution in [3.8, 4) is 11.8 Å². The number of rotatable bonds is 2. The number of hydrogen-bond acceptors (Lipinski definition) is 4. The molecule has 0 spiro atoms. The largest absolute Gasteiger partial charge is 0.411 e. The average Bonchev–Trinajstić information content (AvgIpc) is 2.66. The van der Waals surface area contributed by atoms with Gasteiger partial charge in [0, 0.05) is 6.07 Å². The quantitative estimate of drug-likeness (QED) is 0.826. The topological polar surface area (TPSA) is 72.8 Å². The van der Waals surface area contributed by atoms with Gasteiger partial charge in [-0.05, 0) is 13.0 Å². The van der Waals surface area contributed by atoms with Crippen LogP contribution in [0.25, 0.3) is 5.69 Å². The van der Waals surface area contributed by atoms with Crippen LogP contribution in [0.5, 0.6) is 0 Å². The Morgan fingerprint density at radius 2 is 2.21 bits per heavy atom. The van der Waals surface area contributed by atoms with E-state index in [9.17, 15) is 9.18 Å². The summed E-state index contributed by atoms with van der Waals surface area (Å²) in [5.74, 6) is -0.494. The van der Waals surface area contributed by atoms with Crippen molar-refractivity contribution in [2.24, 2.45) is 0 Å². The van der Waals surface area contributed by atoms with Crippen LogP contribution < -0.4 is 10.5 Å². The van der Waals surface area contributed by atoms with E-state index >= 15 is 0 Å². The van der Waals surface area contributed by atoms with Crippen molar-refractivity contribution in [2.45, 2.75) is 6.92 Å². The maximum absolute atomic E-state index is 13.6. The average molecular weight is 283 g/mol. The molecule has 8 heteroatoms. The van der Waals surface area contributed by atoms with E-state index in [2.05, 4.69) is 5.10 Å². The molecule has 2 rings (SSSR count). The number of benzene rings is 1. The molecule has 98 valence electrons. The van der Waals surface area contributed by atoms with Gasteiger partial charge in [-0.2, -0.15) is 9.94 Å². The van der Waals surface area contributed by atoms with E-state index in [0.717, 1.165) is 21.5 Å². The second kappa shape index (κ2) is 4.74. The fraction of sp³-hybridized carbons (Fsp3) is 0.182. The summed E-state index contributed by atoms with van der Waals surface area (Å²) in [4.78, 5) is 16.8. The van der Waals surface area contributed by atoms with Gasteiger partial charge in [0.1, 0.15) is 19.0 Å². The van der Waals surface area contributed by atoms with Crippen molar-refractivity contribution >= 4 is 11.6 Å². The smallest absolute Gasteiger partial charge is 0.384 e. The number of nitriles is 1. The van der Waals surface area contributed by atoms with Crippen LogP contribution >= 0.6 is 11.6 Å². The molecule has 0 aliphatic heterocycles. The SMILES string of the molecule is COn1c(C)nn(-c2cc(F)c(C#N)cc2Cl)c1=O. The fourth-order valence-corrected chi connectivity index (χ4v) is 1.85. The predicted molar refractivity (Wildman–Crippen MR) is 64.7 cm³/mol. The summed E-state index contributed by atoms with van der Waals surface area (Å²) < 4.78 is 15.4. The van der Waals surface area contributed by atoms with Gasteiger partial charge in [-0.25, -0.2) is 9.18 Å². The molecule has 0 N–H and O–H groups in total. The second-order valence-corrected chi connectivity index (χ2v) is 4.02. The van der Waals surface area contributed by atoms with Crippen molar-refractivity contribution in [1.82, 2.24) is 14.5 Å². The van der Waals surface area contributed by atoms with Crippen LogP contribution in [0, 0.1) is 24.1 Å². The molecule has 0 bridgehead atoms. The van der Waals surface area contributed by atoms with Gasteiger partial charge in [0.2, 0.25) is 0 Å². The normalized spacial score (nSPS) is 10.3. The lowest BCUT2D eigenvalue weighted by atomic mass is 10.2. The molecule has 0 fully saturated rings. The van der Waals surface area contributed by atoms with Crippen molar-refractivity contribution in [3.63, 3.8) is 0 Å². The Morgan fingerprint density at radius 1 is 1.53 bits per heavy atom. The summed E-state index contributed by atoms with van der Waals surface area (Å²) in [6.45, 7) is 1.55. The molecule has 0 saturated carbocycles. The van der Waals surface area contributed by atoms with Gasteiger partial charge in [0.05, 0.1) is 16.3 Å². The van der Waals surface area contributed by atoms with Crippen LogP contribution in [-0.4, -0.2) is 21.6 Å². The van der Waals surface area contributed by atoms with Gasteiger partial charge in [0.15, 0.2) is 5.82 Å². The minimum absolute atomic E-state index is 0.0424. The number of aryl methyl sites for hydroxylation is 1. The second-order valence-electron chi connectivity index (χ2n) is 3.61. The standard InChI is InChI=1S/C11H8ClFN4O2/c1-6-15-16(11(18)17(6)19-2)10-4-9(13)7(5-14)3-8(10)12/h3-4H,1-2H3. The molecule has 1 aromatic heterocycles. The predicted octanol–water partition coefficient (Wildman–Crippen LogP) is 1.06. The van der Waals surface area contributed by atoms with Gasteiger partial charge < -0.3 is 4.84 Å². The van der Waals surface area contributed by atoms with Gasteiger partial charge in [-0.1, -0.05) is 11.6 Å². The van der Waals surface area contributed by atoms with E-state index < -0.39 is 11.5 Å². The van der Waals surface area contributed by atoms with Crippen molar-refractivity contribution in [1.29, 1.82) is 5.26 Å². The molecule has 6 nitrogen and oxygen atoms in total. The molecule has 0 aliphatic carbocycles. The fourth-order valence-electron chi connectivity index (χ4n) is 1.60. The minimum atomic E-state index is -0.779. The third-order valence-corrected chi connectivity index (χ3v) is 2.76. The molecule has 0 atom stereocenters. The Kier molecular flexibility index (Phi) is 3.27. The molecular weight excluding hydrogens is 275 g/mol. The zero-order chi connectivity index (χ0) is 14.2. The number of halogens is 2. The lowest BCUT2D eigenvalue weighted by Crippen LogP contribution is -2.27. The lowest BCUT2D eigenvalue weighted by Gasteiger charge is -2.04. The summed E-state index contributed by atoms with van der Waals surface area (Å²) in [6.07, 6.45) is 0. The van der Waals surface area contributed by atoms with E-state index in [-0.39, 0.29) is 22.1 Å². The van der Waals surface area contributed by atoms with Crippen LogP contribution in [-0.2, 0) is 0 Å². The van der Waals surface area contributed by atoms with Crippen LogP contribution in [0.2, 0.25) is 5.02 Å². The van der Waals surface area contributed by atoms with E-state index in [4.69, 9.17) is 21.7 Å². The van der Waals surface area contributed by atoms with Crippen LogP contribution in [0.15, 0.2) is 16.9 Å². The Labute approximate surface area is 112 Å². The molecule has 19 heavy (non-hydrogen) atoms. The van der Waals surface area contributed by atoms with Crippen LogP contribution in [0.4, 0.5) is 4.39 Å². The van der Waals surface area contributed by atoms with Crippen molar-refractivity contribution < 1.29 is 9.23 Å². The minimum Gasteiger partial charge on any atom is -0.411 e. The zero-order valence-electron chi connectivity index (χ0n) is 10.0. The lowest BCUT2D eigenvalue weighted by molar-refractivity contribution is 0.151. The molecule has 0 aliphatic rings. The van der Waals surface area contributed by atoms with E-state index in [0.29, 0.717) is 0 Å². The van der Waals surface area contributed by atoms with E-state index in [1.807, 2.05) is 0 Å². The third kappa shape index (κ3) is 2.06. The van der Waals surface area contributed by atoms with E-state index in [1.165, 1.54) is 7.11 Å². The summed E-state index contributed by atoms with van der Waals surface area (Å²) >= 11 is 5.92. The van der Waals surface area contributed by atoms with Crippen LogP contribution in [0.1, 0.15) is 11.4 Å². The zero-order valence-corrected chi connectivity index (χ0v) is 10.8. The summed E-state index contributed by atoms with van der Waals surface area (Å²) in [5, 5.41) is 12.6. The van der Waals surface area contributed by atoms with E-state index in [1.54, 1.807) is 13.0 Å². The summed E-state index contributed by atoms with van der Waals surface area (Å²) in [5.41, 5.74) is -0.780. The van der Waals surface area contributed by atoms with Crippen LogP contribution in [0.3, 0.4) is 0 Å². The first-order chi connectivity index (χ1) is 8.99. The van der Waals surface area contributed by atoms with Gasteiger partial charge >= 0.3 is 5.69 Å². The first-order valence-electron chi connectivity index (χ1n) is 5.12. The Morgan fingerprint density at radius 3 is 2.74 bits per heavy atom. The summed E-state index contributed by atoms with van der Waals surface area (Å²) in [7, 11) is 1.31. The molecule has 2 aromatic rings. The maximum atomic E-state index is 13.6. The first kappa shape index (κ1) is 13.1. The van der Waals surface area contributed by atoms with Gasteiger partial charge in [0.25, 0.3) is 0 Å². The highest BCUT2D eigenvalue weighted by atomic mass is 35.5. The Hall–Kier alpha value is -2.33. The molecule has 1 heterocycles. The molecule has 0 radical (unpaired) electrons. The maximum Gasteiger partial charge on any atom is 0.384 e. The summed E-state index contributed by atoms with van der Waals surface area (Å²) in [6, 6.07) is 3.78. The number of hydrogen-bond donors (Lipinski definition) is 0. The molecule has 0 amide bonds. The first-order valence-corrected chi connectivity index (χ1v) is 5.50. The molecule has 1 aromatic carbocycles.